The largest absolute Gasteiger partial charge is 0.466 e. The molecule has 0 atom stereocenters. The molecular weight excluding hydrogens is 184 g/mol. The van der Waals surface area contributed by atoms with Crippen LogP contribution in [0, 0.1) is 0 Å². The van der Waals surface area contributed by atoms with E-state index in [2.05, 4.69) is 6.58 Å². The summed E-state index contributed by atoms with van der Waals surface area (Å²) in [5, 5.41) is 0. The fourth-order valence-corrected chi connectivity index (χ4v) is 0.980. The standard InChI is InChI=1S/C8H8O.C6H6/c1-2-9-8-6-4-3-5-7-8;1-2-4-6-5-3-1/h2-7H,1H2;1-6H. The second kappa shape index (κ2) is 7.39. The van der Waals surface area contributed by atoms with Crippen molar-refractivity contribution >= 4 is 0 Å². The maximum Gasteiger partial charge on any atom is 0.126 e. The molecule has 0 amide bonds. The minimum Gasteiger partial charge on any atom is -0.466 e. The normalized spacial score (nSPS) is 8.27. The number of rotatable bonds is 2. The van der Waals surface area contributed by atoms with Crippen LogP contribution < -0.4 is 4.74 Å². The molecule has 0 saturated heterocycles. The number of ether oxygens (including phenoxy) is 1. The van der Waals surface area contributed by atoms with E-state index in [0.29, 0.717) is 0 Å². The average Bonchev–Trinajstić information content (AvgIpc) is 2.34. The molecule has 15 heavy (non-hydrogen) atoms. The molecule has 0 aliphatic carbocycles. The van der Waals surface area contributed by atoms with Gasteiger partial charge in [-0.1, -0.05) is 61.2 Å². The third kappa shape index (κ3) is 5.32. The van der Waals surface area contributed by atoms with Crippen LogP contribution in [0.2, 0.25) is 0 Å². The molecule has 0 fully saturated rings. The number of benzene rings is 2. The molecule has 0 N–H and O–H groups in total. The molecule has 0 radical (unpaired) electrons. The highest BCUT2D eigenvalue weighted by molar-refractivity contribution is 5.21. The Bertz CT molecular complexity index is 327. The van der Waals surface area contributed by atoms with E-state index in [4.69, 9.17) is 4.74 Å². The van der Waals surface area contributed by atoms with Crippen molar-refractivity contribution in [3.05, 3.63) is 79.6 Å². The Balaban J connectivity index is 0.000000162. The van der Waals surface area contributed by atoms with Crippen LogP contribution in [0.4, 0.5) is 0 Å². The highest BCUT2D eigenvalue weighted by Gasteiger charge is 1.82. The van der Waals surface area contributed by atoms with Gasteiger partial charge in [0.1, 0.15) is 5.75 Å². The Kier molecular flexibility index (Phi) is 5.45. The molecular formula is C14H14O. The Labute approximate surface area is 90.6 Å². The molecule has 0 spiro atoms. The summed E-state index contributed by atoms with van der Waals surface area (Å²) in [7, 11) is 0. The Hall–Kier alpha value is -2.02. The van der Waals surface area contributed by atoms with E-state index in [1.54, 1.807) is 0 Å². The summed E-state index contributed by atoms with van der Waals surface area (Å²) in [6, 6.07) is 21.5. The van der Waals surface area contributed by atoms with Crippen molar-refractivity contribution in [2.75, 3.05) is 0 Å². The van der Waals surface area contributed by atoms with Gasteiger partial charge in [0.25, 0.3) is 0 Å². The first-order valence-corrected chi connectivity index (χ1v) is 4.76. The average molecular weight is 198 g/mol. The molecule has 2 rings (SSSR count). The third-order valence-electron chi connectivity index (χ3n) is 1.63. The quantitative estimate of drug-likeness (QED) is 0.665. The van der Waals surface area contributed by atoms with Gasteiger partial charge >= 0.3 is 0 Å². The van der Waals surface area contributed by atoms with Crippen LogP contribution in [0.25, 0.3) is 0 Å². The van der Waals surface area contributed by atoms with Crippen molar-refractivity contribution in [1.82, 2.24) is 0 Å². The third-order valence-corrected chi connectivity index (χ3v) is 1.63. The highest BCUT2D eigenvalue weighted by atomic mass is 16.5. The van der Waals surface area contributed by atoms with Crippen molar-refractivity contribution in [2.45, 2.75) is 0 Å². The predicted molar refractivity (Wildman–Crippen MR) is 63.7 cm³/mol. The molecule has 76 valence electrons. The molecule has 0 aliphatic heterocycles. The lowest BCUT2D eigenvalue weighted by Crippen LogP contribution is -1.76. The summed E-state index contributed by atoms with van der Waals surface area (Å²) < 4.78 is 4.97. The zero-order valence-electron chi connectivity index (χ0n) is 8.54. The zero-order valence-corrected chi connectivity index (χ0v) is 8.54. The van der Waals surface area contributed by atoms with Crippen LogP contribution in [0.5, 0.6) is 5.75 Å². The summed E-state index contributed by atoms with van der Waals surface area (Å²) in [5.74, 6) is 0.826. The first-order chi connectivity index (χ1) is 7.43. The fourth-order valence-electron chi connectivity index (χ4n) is 0.980. The van der Waals surface area contributed by atoms with Crippen LogP contribution in [0.1, 0.15) is 0 Å². The molecule has 1 heteroatoms. The molecule has 1 nitrogen and oxygen atoms in total. The van der Waals surface area contributed by atoms with E-state index in [0.717, 1.165) is 5.75 Å². The molecule has 2 aromatic carbocycles. The van der Waals surface area contributed by atoms with Gasteiger partial charge in [0.2, 0.25) is 0 Å². The van der Waals surface area contributed by atoms with Crippen LogP contribution in [0.3, 0.4) is 0 Å². The number of para-hydroxylation sites is 1. The molecule has 0 aliphatic rings. The van der Waals surface area contributed by atoms with Crippen LogP contribution in [0.15, 0.2) is 79.6 Å². The summed E-state index contributed by atoms with van der Waals surface area (Å²) in [5.41, 5.74) is 0. The first kappa shape index (κ1) is 11.1. The van der Waals surface area contributed by atoms with E-state index in [1.165, 1.54) is 6.26 Å². The van der Waals surface area contributed by atoms with Crippen LogP contribution in [-0.2, 0) is 0 Å². The zero-order chi connectivity index (χ0) is 10.8. The van der Waals surface area contributed by atoms with Crippen LogP contribution in [-0.4, -0.2) is 0 Å². The topological polar surface area (TPSA) is 9.23 Å². The van der Waals surface area contributed by atoms with Gasteiger partial charge in [-0.15, -0.1) is 0 Å². The smallest absolute Gasteiger partial charge is 0.126 e. The van der Waals surface area contributed by atoms with E-state index in [9.17, 15) is 0 Å². The molecule has 0 heterocycles. The Morgan fingerprint density at radius 1 is 0.733 bits per heavy atom. The summed E-state index contributed by atoms with van der Waals surface area (Å²) in [6.07, 6.45) is 1.41. The lowest BCUT2D eigenvalue weighted by molar-refractivity contribution is 0.483. The van der Waals surface area contributed by atoms with Crippen molar-refractivity contribution < 1.29 is 4.74 Å². The van der Waals surface area contributed by atoms with Crippen LogP contribution >= 0.6 is 0 Å². The SMILES string of the molecule is C=COc1ccccc1.c1ccccc1. The minimum absolute atomic E-state index is 0.826. The second-order valence-corrected chi connectivity index (χ2v) is 2.75. The lowest BCUT2D eigenvalue weighted by Gasteiger charge is -1.95. The van der Waals surface area contributed by atoms with Crippen molar-refractivity contribution in [3.8, 4) is 5.75 Å². The monoisotopic (exact) mass is 198 g/mol. The predicted octanol–water partition coefficient (Wildman–Crippen LogP) is 3.90. The Morgan fingerprint density at radius 3 is 1.53 bits per heavy atom. The molecule has 0 unspecified atom stereocenters. The van der Waals surface area contributed by atoms with E-state index in [-0.39, 0.29) is 0 Å². The maximum atomic E-state index is 4.97. The lowest BCUT2D eigenvalue weighted by atomic mass is 10.3. The van der Waals surface area contributed by atoms with Gasteiger partial charge in [-0.3, -0.25) is 0 Å². The van der Waals surface area contributed by atoms with Gasteiger partial charge in [-0.05, 0) is 12.1 Å². The number of hydrogen-bond donors (Lipinski definition) is 0. The van der Waals surface area contributed by atoms with Crippen molar-refractivity contribution in [1.29, 1.82) is 0 Å². The van der Waals surface area contributed by atoms with Crippen molar-refractivity contribution in [3.63, 3.8) is 0 Å². The van der Waals surface area contributed by atoms with E-state index in [1.807, 2.05) is 66.7 Å². The van der Waals surface area contributed by atoms with E-state index >= 15 is 0 Å². The molecule has 2 aromatic rings. The van der Waals surface area contributed by atoms with Gasteiger partial charge in [-0.2, -0.15) is 0 Å². The molecule has 0 aromatic heterocycles. The van der Waals surface area contributed by atoms with Gasteiger partial charge in [0.15, 0.2) is 0 Å². The van der Waals surface area contributed by atoms with Gasteiger partial charge in [0.05, 0.1) is 6.26 Å². The molecule has 0 saturated carbocycles. The highest BCUT2D eigenvalue weighted by Crippen LogP contribution is 2.07. The van der Waals surface area contributed by atoms with Gasteiger partial charge in [-0.25, -0.2) is 0 Å². The molecule has 0 bridgehead atoms. The summed E-state index contributed by atoms with van der Waals surface area (Å²) in [4.78, 5) is 0. The summed E-state index contributed by atoms with van der Waals surface area (Å²) in [6.45, 7) is 3.43. The summed E-state index contributed by atoms with van der Waals surface area (Å²) >= 11 is 0. The van der Waals surface area contributed by atoms with Gasteiger partial charge in [0, 0.05) is 0 Å². The van der Waals surface area contributed by atoms with Crippen molar-refractivity contribution in [2.24, 2.45) is 0 Å². The maximum absolute atomic E-state index is 4.97. The Morgan fingerprint density at radius 2 is 1.13 bits per heavy atom. The van der Waals surface area contributed by atoms with E-state index < -0.39 is 0 Å². The minimum atomic E-state index is 0.826. The fraction of sp³-hybridized carbons (Fsp3) is 0. The first-order valence-electron chi connectivity index (χ1n) is 4.76. The second-order valence-electron chi connectivity index (χ2n) is 2.75. The number of hydrogen-bond acceptors (Lipinski definition) is 1. The van der Waals surface area contributed by atoms with Gasteiger partial charge < -0.3 is 4.74 Å².